The minimum Gasteiger partial charge on any atom is -0.338 e. The zero-order valence-corrected chi connectivity index (χ0v) is 15.8. The van der Waals surface area contributed by atoms with Crippen LogP contribution in [0.25, 0.3) is 0 Å². The fourth-order valence-corrected chi connectivity index (χ4v) is 4.03. The van der Waals surface area contributed by atoms with Crippen molar-refractivity contribution in [2.45, 2.75) is 65.0 Å². The van der Waals surface area contributed by atoms with Gasteiger partial charge in [0, 0.05) is 23.5 Å². The summed E-state index contributed by atoms with van der Waals surface area (Å²) in [5, 5.41) is 7.48. The second-order valence-electron chi connectivity index (χ2n) is 7.69. The molecule has 0 N–H and O–H groups in total. The first-order chi connectivity index (χ1) is 11.3. The van der Waals surface area contributed by atoms with Gasteiger partial charge in [0.2, 0.25) is 5.91 Å². The van der Waals surface area contributed by atoms with Crippen molar-refractivity contribution in [3.05, 3.63) is 34.0 Å². The Kier molecular flexibility index (Phi) is 4.76. The van der Waals surface area contributed by atoms with E-state index in [0.29, 0.717) is 6.42 Å². The standard InChI is InChI=1S/C18H26N4OS/c1-13-9-19-21(10-13)11-15-6-5-7-22(15)16(23)8-14-12-24-17(20-14)18(2,3)4/h9-10,12,15H,5-8,11H2,1-4H3/t15-/m1/s1. The molecule has 1 atom stereocenters. The van der Waals surface area contributed by atoms with Crippen LogP contribution >= 0.6 is 11.3 Å². The van der Waals surface area contributed by atoms with Crippen molar-refractivity contribution in [1.82, 2.24) is 19.7 Å². The second-order valence-corrected chi connectivity index (χ2v) is 8.55. The molecule has 5 nitrogen and oxygen atoms in total. The molecule has 24 heavy (non-hydrogen) atoms. The van der Waals surface area contributed by atoms with Crippen LogP contribution in [0.15, 0.2) is 17.8 Å². The molecule has 0 unspecified atom stereocenters. The molecule has 0 bridgehead atoms. The third-order valence-electron chi connectivity index (χ3n) is 4.38. The first-order valence-corrected chi connectivity index (χ1v) is 9.44. The van der Waals surface area contributed by atoms with E-state index in [9.17, 15) is 4.79 Å². The number of likely N-dealkylation sites (tertiary alicyclic amines) is 1. The van der Waals surface area contributed by atoms with Crippen molar-refractivity contribution in [1.29, 1.82) is 0 Å². The molecule has 2 aromatic heterocycles. The number of thiazole rings is 1. The fraction of sp³-hybridized carbons (Fsp3) is 0.611. The Morgan fingerprint density at radius 2 is 2.21 bits per heavy atom. The minimum absolute atomic E-state index is 0.0418. The van der Waals surface area contributed by atoms with Gasteiger partial charge in [-0.15, -0.1) is 11.3 Å². The first kappa shape index (κ1) is 17.1. The van der Waals surface area contributed by atoms with Crippen LogP contribution in [0.3, 0.4) is 0 Å². The third-order valence-corrected chi connectivity index (χ3v) is 5.70. The van der Waals surface area contributed by atoms with Gasteiger partial charge in [-0.2, -0.15) is 5.10 Å². The highest BCUT2D eigenvalue weighted by Gasteiger charge is 2.29. The van der Waals surface area contributed by atoms with Crippen LogP contribution in [0.2, 0.25) is 0 Å². The average molecular weight is 347 g/mol. The number of carbonyl (C=O) groups excluding carboxylic acids is 1. The Labute approximate surface area is 147 Å². The molecule has 130 valence electrons. The number of hydrogen-bond acceptors (Lipinski definition) is 4. The summed E-state index contributed by atoms with van der Waals surface area (Å²) in [5.41, 5.74) is 2.10. The van der Waals surface area contributed by atoms with E-state index in [1.165, 1.54) is 0 Å². The number of amides is 1. The van der Waals surface area contributed by atoms with Gasteiger partial charge in [-0.25, -0.2) is 4.98 Å². The van der Waals surface area contributed by atoms with Gasteiger partial charge in [0.05, 0.1) is 35.9 Å². The number of hydrogen-bond donors (Lipinski definition) is 0. The summed E-state index contributed by atoms with van der Waals surface area (Å²) in [6.07, 6.45) is 6.43. The van der Waals surface area contributed by atoms with Gasteiger partial charge in [-0.3, -0.25) is 9.48 Å². The molecule has 2 aromatic rings. The van der Waals surface area contributed by atoms with Crippen molar-refractivity contribution in [2.24, 2.45) is 0 Å². The summed E-state index contributed by atoms with van der Waals surface area (Å²) in [6.45, 7) is 10.1. The molecule has 0 saturated carbocycles. The maximum absolute atomic E-state index is 12.7. The first-order valence-electron chi connectivity index (χ1n) is 8.56. The highest BCUT2D eigenvalue weighted by molar-refractivity contribution is 7.09. The van der Waals surface area contributed by atoms with Crippen molar-refractivity contribution >= 4 is 17.2 Å². The number of aryl methyl sites for hydroxylation is 1. The molecule has 1 saturated heterocycles. The molecule has 1 aliphatic rings. The van der Waals surface area contributed by atoms with E-state index in [1.54, 1.807) is 11.3 Å². The van der Waals surface area contributed by atoms with E-state index < -0.39 is 0 Å². The Morgan fingerprint density at radius 1 is 1.42 bits per heavy atom. The Hall–Kier alpha value is -1.69. The SMILES string of the molecule is Cc1cnn(C[C@H]2CCCN2C(=O)Cc2csc(C(C)(C)C)n2)c1. The van der Waals surface area contributed by atoms with Crippen LogP contribution in [-0.2, 0) is 23.2 Å². The molecule has 0 spiro atoms. The molecular weight excluding hydrogens is 320 g/mol. The van der Waals surface area contributed by atoms with Crippen LogP contribution < -0.4 is 0 Å². The Bertz CT molecular complexity index is 713. The lowest BCUT2D eigenvalue weighted by atomic mass is 9.98. The van der Waals surface area contributed by atoms with Crippen molar-refractivity contribution in [3.63, 3.8) is 0 Å². The van der Waals surface area contributed by atoms with Gasteiger partial charge in [0.1, 0.15) is 0 Å². The normalized spacial score (nSPS) is 18.3. The van der Waals surface area contributed by atoms with Gasteiger partial charge < -0.3 is 4.90 Å². The number of carbonyl (C=O) groups is 1. The summed E-state index contributed by atoms with van der Waals surface area (Å²) in [7, 11) is 0. The maximum Gasteiger partial charge on any atom is 0.228 e. The maximum atomic E-state index is 12.7. The number of nitrogens with zero attached hydrogens (tertiary/aromatic N) is 4. The number of aromatic nitrogens is 3. The van der Waals surface area contributed by atoms with E-state index in [4.69, 9.17) is 0 Å². The van der Waals surface area contributed by atoms with E-state index in [1.807, 2.05) is 34.3 Å². The van der Waals surface area contributed by atoms with Gasteiger partial charge in [0.15, 0.2) is 0 Å². The highest BCUT2D eigenvalue weighted by Crippen LogP contribution is 2.26. The van der Waals surface area contributed by atoms with E-state index in [-0.39, 0.29) is 17.4 Å². The van der Waals surface area contributed by atoms with Crippen LogP contribution in [0, 0.1) is 6.92 Å². The zero-order chi connectivity index (χ0) is 17.3. The minimum atomic E-state index is 0.0418. The van der Waals surface area contributed by atoms with Crippen LogP contribution in [0.4, 0.5) is 0 Å². The average Bonchev–Trinajstić information content (AvgIpc) is 3.19. The molecule has 1 amide bonds. The monoisotopic (exact) mass is 346 g/mol. The quantitative estimate of drug-likeness (QED) is 0.854. The Balaban J connectivity index is 1.64. The molecular formula is C18H26N4OS. The number of rotatable bonds is 4. The molecule has 0 radical (unpaired) electrons. The largest absolute Gasteiger partial charge is 0.338 e. The molecule has 0 aliphatic carbocycles. The summed E-state index contributed by atoms with van der Waals surface area (Å²) in [6, 6.07) is 0.248. The zero-order valence-electron chi connectivity index (χ0n) is 15.0. The van der Waals surface area contributed by atoms with Gasteiger partial charge in [-0.1, -0.05) is 20.8 Å². The lowest BCUT2D eigenvalue weighted by Crippen LogP contribution is -2.39. The predicted molar refractivity (Wildman–Crippen MR) is 96.2 cm³/mol. The molecule has 1 fully saturated rings. The third kappa shape index (κ3) is 3.86. The van der Waals surface area contributed by atoms with Crippen molar-refractivity contribution in [3.8, 4) is 0 Å². The smallest absolute Gasteiger partial charge is 0.228 e. The topological polar surface area (TPSA) is 51.0 Å². The van der Waals surface area contributed by atoms with Crippen LogP contribution in [0.5, 0.6) is 0 Å². The Morgan fingerprint density at radius 3 is 2.83 bits per heavy atom. The molecule has 3 rings (SSSR count). The lowest BCUT2D eigenvalue weighted by Gasteiger charge is -2.24. The lowest BCUT2D eigenvalue weighted by molar-refractivity contribution is -0.131. The predicted octanol–water partition coefficient (Wildman–Crippen LogP) is 3.18. The fourth-order valence-electron chi connectivity index (χ4n) is 3.13. The van der Waals surface area contributed by atoms with Crippen molar-refractivity contribution < 1.29 is 4.79 Å². The summed E-state index contributed by atoms with van der Waals surface area (Å²) < 4.78 is 1.95. The van der Waals surface area contributed by atoms with Gasteiger partial charge in [-0.05, 0) is 25.3 Å². The molecule has 1 aliphatic heterocycles. The molecule has 6 heteroatoms. The van der Waals surface area contributed by atoms with Crippen molar-refractivity contribution in [2.75, 3.05) is 6.54 Å². The second kappa shape index (κ2) is 6.67. The van der Waals surface area contributed by atoms with Gasteiger partial charge in [0.25, 0.3) is 0 Å². The summed E-state index contributed by atoms with van der Waals surface area (Å²) in [5.74, 6) is 0.187. The molecule has 3 heterocycles. The van der Waals surface area contributed by atoms with E-state index in [0.717, 1.165) is 42.2 Å². The van der Waals surface area contributed by atoms with Crippen LogP contribution in [0.1, 0.15) is 49.9 Å². The highest BCUT2D eigenvalue weighted by atomic mass is 32.1. The van der Waals surface area contributed by atoms with Gasteiger partial charge >= 0.3 is 0 Å². The summed E-state index contributed by atoms with van der Waals surface area (Å²) >= 11 is 1.65. The van der Waals surface area contributed by atoms with Crippen LogP contribution in [-0.4, -0.2) is 38.2 Å². The molecule has 0 aromatic carbocycles. The van der Waals surface area contributed by atoms with E-state index in [2.05, 4.69) is 30.9 Å². The summed E-state index contributed by atoms with van der Waals surface area (Å²) in [4.78, 5) is 19.4. The van der Waals surface area contributed by atoms with E-state index >= 15 is 0 Å².